The lowest BCUT2D eigenvalue weighted by atomic mass is 9.95. The molecule has 1 aliphatic carbocycles. The van der Waals surface area contributed by atoms with Gasteiger partial charge in [-0.15, -0.1) is 0 Å². The number of fused-ring (bicyclic) bond motifs is 1. The Bertz CT molecular complexity index is 1030. The van der Waals surface area contributed by atoms with Gasteiger partial charge in [0.1, 0.15) is 12.4 Å². The number of hydrogen-bond acceptors (Lipinski definition) is 4. The highest BCUT2D eigenvalue weighted by molar-refractivity contribution is 7.71. The predicted octanol–water partition coefficient (Wildman–Crippen LogP) is 4.39. The molecule has 1 saturated carbocycles. The Labute approximate surface area is 169 Å². The Morgan fingerprint density at radius 2 is 2.07 bits per heavy atom. The van der Waals surface area contributed by atoms with Gasteiger partial charge in [0.15, 0.2) is 4.77 Å². The zero-order valence-corrected chi connectivity index (χ0v) is 17.0. The number of imidazole rings is 1. The average molecular weight is 399 g/mol. The molecular formula is C20H26N6OS. The number of aromatic amines is 1. The SMILES string of the molecule is CCCc1n[nH]c(=S)n1CC(=O)Nc1nc2ccccc2n1C1CCCCC1. The van der Waals surface area contributed by atoms with Crippen molar-refractivity contribution in [2.45, 2.75) is 64.5 Å². The van der Waals surface area contributed by atoms with Crippen LogP contribution < -0.4 is 5.32 Å². The van der Waals surface area contributed by atoms with Crippen LogP contribution in [-0.2, 0) is 17.8 Å². The number of rotatable bonds is 6. The molecule has 0 bridgehead atoms. The number of nitrogens with one attached hydrogen (secondary N) is 2. The van der Waals surface area contributed by atoms with E-state index in [1.54, 1.807) is 4.57 Å². The Morgan fingerprint density at radius 1 is 1.29 bits per heavy atom. The van der Waals surface area contributed by atoms with E-state index in [0.29, 0.717) is 16.8 Å². The maximum absolute atomic E-state index is 12.8. The number of aryl methyl sites for hydroxylation is 1. The van der Waals surface area contributed by atoms with Crippen molar-refractivity contribution < 1.29 is 4.79 Å². The standard InChI is InChI=1S/C20H26N6OS/c1-2-8-17-23-24-20(28)25(17)13-18(27)22-19-21-15-11-6-7-12-16(15)26(19)14-9-4-3-5-10-14/h6-7,11-12,14H,2-5,8-10,13H2,1H3,(H,24,28)(H,21,22,27). The molecule has 1 fully saturated rings. The zero-order chi connectivity index (χ0) is 19.5. The van der Waals surface area contributed by atoms with Crippen LogP contribution in [0.5, 0.6) is 0 Å². The molecule has 0 aliphatic heterocycles. The summed E-state index contributed by atoms with van der Waals surface area (Å²) in [7, 11) is 0. The Kier molecular flexibility index (Phi) is 5.57. The topological polar surface area (TPSA) is 80.5 Å². The van der Waals surface area contributed by atoms with Crippen molar-refractivity contribution in [3.05, 3.63) is 34.9 Å². The van der Waals surface area contributed by atoms with E-state index >= 15 is 0 Å². The number of H-pyrrole nitrogens is 1. The van der Waals surface area contributed by atoms with Crippen LogP contribution in [0.4, 0.5) is 5.95 Å². The highest BCUT2D eigenvalue weighted by atomic mass is 32.1. The lowest BCUT2D eigenvalue weighted by molar-refractivity contribution is -0.116. The first-order chi connectivity index (χ1) is 13.7. The third kappa shape index (κ3) is 3.73. The number of hydrogen-bond donors (Lipinski definition) is 2. The van der Waals surface area contributed by atoms with Gasteiger partial charge in [-0.3, -0.25) is 19.8 Å². The van der Waals surface area contributed by atoms with Crippen LogP contribution in [0.3, 0.4) is 0 Å². The first kappa shape index (κ1) is 18.9. The van der Waals surface area contributed by atoms with E-state index in [1.807, 2.05) is 18.2 Å². The van der Waals surface area contributed by atoms with E-state index < -0.39 is 0 Å². The number of carbonyl (C=O) groups is 1. The van der Waals surface area contributed by atoms with Crippen LogP contribution in [-0.4, -0.2) is 30.2 Å². The molecule has 2 N–H and O–H groups in total. The first-order valence-corrected chi connectivity index (χ1v) is 10.5. The van der Waals surface area contributed by atoms with Crippen molar-refractivity contribution in [1.82, 2.24) is 24.3 Å². The molecular weight excluding hydrogens is 372 g/mol. The summed E-state index contributed by atoms with van der Waals surface area (Å²) in [6, 6.07) is 8.46. The number of nitrogens with zero attached hydrogens (tertiary/aromatic N) is 4. The van der Waals surface area contributed by atoms with E-state index in [4.69, 9.17) is 17.2 Å². The normalized spacial score (nSPS) is 15.2. The molecule has 0 unspecified atom stereocenters. The fourth-order valence-corrected chi connectivity index (χ4v) is 4.29. The highest BCUT2D eigenvalue weighted by Gasteiger charge is 2.22. The van der Waals surface area contributed by atoms with Gasteiger partial charge in [0.25, 0.3) is 0 Å². The predicted molar refractivity (Wildman–Crippen MR) is 112 cm³/mol. The molecule has 8 heteroatoms. The third-order valence-corrected chi connectivity index (χ3v) is 5.71. The highest BCUT2D eigenvalue weighted by Crippen LogP contribution is 2.34. The molecule has 0 saturated heterocycles. The molecule has 28 heavy (non-hydrogen) atoms. The maximum Gasteiger partial charge on any atom is 0.246 e. The van der Waals surface area contributed by atoms with Crippen molar-refractivity contribution in [2.75, 3.05) is 5.32 Å². The number of benzene rings is 1. The summed E-state index contributed by atoms with van der Waals surface area (Å²) in [4.78, 5) is 17.5. The van der Waals surface area contributed by atoms with Gasteiger partial charge in [-0.25, -0.2) is 4.98 Å². The average Bonchev–Trinajstić information content (AvgIpc) is 3.23. The van der Waals surface area contributed by atoms with E-state index in [0.717, 1.165) is 42.5 Å². The van der Waals surface area contributed by atoms with Gasteiger partial charge < -0.3 is 4.57 Å². The minimum absolute atomic E-state index is 0.137. The molecule has 3 aromatic rings. The fourth-order valence-electron chi connectivity index (χ4n) is 4.08. The molecule has 2 aromatic heterocycles. The number of para-hydroxylation sites is 2. The molecule has 0 radical (unpaired) electrons. The molecule has 0 atom stereocenters. The minimum atomic E-state index is -0.137. The Balaban J connectivity index is 1.61. The summed E-state index contributed by atoms with van der Waals surface area (Å²) in [5.74, 6) is 1.30. The molecule has 1 amide bonds. The van der Waals surface area contributed by atoms with E-state index in [2.05, 4.69) is 33.1 Å². The van der Waals surface area contributed by atoms with Crippen molar-refractivity contribution >= 4 is 35.1 Å². The van der Waals surface area contributed by atoms with Crippen LogP contribution in [0.25, 0.3) is 11.0 Å². The largest absolute Gasteiger partial charge is 0.307 e. The first-order valence-electron chi connectivity index (χ1n) is 10.1. The Morgan fingerprint density at radius 3 is 2.86 bits per heavy atom. The van der Waals surface area contributed by atoms with Gasteiger partial charge in [-0.2, -0.15) is 5.10 Å². The van der Waals surface area contributed by atoms with Crippen LogP contribution >= 0.6 is 12.2 Å². The molecule has 1 aromatic carbocycles. The molecule has 1 aliphatic rings. The van der Waals surface area contributed by atoms with Crippen molar-refractivity contribution in [2.24, 2.45) is 0 Å². The molecule has 148 valence electrons. The van der Waals surface area contributed by atoms with E-state index in [-0.39, 0.29) is 12.5 Å². The summed E-state index contributed by atoms with van der Waals surface area (Å²) in [6.45, 7) is 2.22. The number of anilines is 1. The molecule has 0 spiro atoms. The van der Waals surface area contributed by atoms with Crippen LogP contribution in [0.2, 0.25) is 0 Å². The summed E-state index contributed by atoms with van der Waals surface area (Å²) in [5.41, 5.74) is 1.99. The monoisotopic (exact) mass is 398 g/mol. The zero-order valence-electron chi connectivity index (χ0n) is 16.1. The van der Waals surface area contributed by atoms with Gasteiger partial charge in [0.2, 0.25) is 11.9 Å². The van der Waals surface area contributed by atoms with Crippen LogP contribution in [0.1, 0.15) is 57.3 Å². The second kappa shape index (κ2) is 8.26. The quantitative estimate of drug-likeness (QED) is 0.604. The number of aromatic nitrogens is 5. The summed E-state index contributed by atoms with van der Waals surface area (Å²) < 4.78 is 4.45. The minimum Gasteiger partial charge on any atom is -0.307 e. The molecule has 4 rings (SSSR count). The van der Waals surface area contributed by atoms with Crippen LogP contribution in [0, 0.1) is 4.77 Å². The third-order valence-electron chi connectivity index (χ3n) is 5.40. The second-order valence-electron chi connectivity index (χ2n) is 7.42. The Hall–Kier alpha value is -2.48. The summed E-state index contributed by atoms with van der Waals surface area (Å²) in [6.07, 6.45) is 7.68. The van der Waals surface area contributed by atoms with Crippen molar-refractivity contribution in [3.63, 3.8) is 0 Å². The number of carbonyl (C=O) groups excluding carboxylic acids is 1. The van der Waals surface area contributed by atoms with Gasteiger partial charge in [-0.05, 0) is 43.6 Å². The van der Waals surface area contributed by atoms with Gasteiger partial charge in [0.05, 0.1) is 11.0 Å². The smallest absolute Gasteiger partial charge is 0.246 e. The van der Waals surface area contributed by atoms with Gasteiger partial charge in [-0.1, -0.05) is 38.3 Å². The lowest BCUT2D eigenvalue weighted by Gasteiger charge is -2.25. The maximum atomic E-state index is 12.8. The second-order valence-corrected chi connectivity index (χ2v) is 7.80. The van der Waals surface area contributed by atoms with E-state index in [9.17, 15) is 4.79 Å². The molecule has 2 heterocycles. The van der Waals surface area contributed by atoms with Crippen LogP contribution in [0.15, 0.2) is 24.3 Å². The van der Waals surface area contributed by atoms with Crippen molar-refractivity contribution in [3.8, 4) is 0 Å². The van der Waals surface area contributed by atoms with E-state index in [1.165, 1.54) is 19.3 Å². The molecule has 7 nitrogen and oxygen atoms in total. The summed E-state index contributed by atoms with van der Waals surface area (Å²) >= 11 is 5.29. The van der Waals surface area contributed by atoms with Gasteiger partial charge >= 0.3 is 0 Å². The summed E-state index contributed by atoms with van der Waals surface area (Å²) in [5, 5.41) is 10.1. The number of amides is 1. The fraction of sp³-hybridized carbons (Fsp3) is 0.500. The lowest BCUT2D eigenvalue weighted by Crippen LogP contribution is -2.24. The van der Waals surface area contributed by atoms with Crippen molar-refractivity contribution in [1.29, 1.82) is 0 Å². The van der Waals surface area contributed by atoms with Gasteiger partial charge in [0, 0.05) is 12.5 Å².